The second kappa shape index (κ2) is 17.1. The van der Waals surface area contributed by atoms with Crippen molar-refractivity contribution in [1.29, 1.82) is 0 Å². The number of likely N-dealkylation sites (tertiary alicyclic amines) is 1. The van der Waals surface area contributed by atoms with E-state index in [1.54, 1.807) is 30.9 Å². The van der Waals surface area contributed by atoms with Gasteiger partial charge in [-0.05, 0) is 38.8 Å². The van der Waals surface area contributed by atoms with Crippen molar-refractivity contribution in [3.05, 3.63) is 0 Å². The summed E-state index contributed by atoms with van der Waals surface area (Å²) in [5.74, 6) is -2.14. The number of likely N-dealkylation sites (N-methyl/N-ethyl adjacent to an activating group) is 2. The predicted molar refractivity (Wildman–Crippen MR) is 165 cm³/mol. The van der Waals surface area contributed by atoms with Gasteiger partial charge in [0, 0.05) is 33.7 Å². The molecular weight excluding hydrogens is 538 g/mol. The Morgan fingerprint density at radius 3 is 2.02 bits per heavy atom. The zero-order valence-electron chi connectivity index (χ0n) is 28.0. The van der Waals surface area contributed by atoms with Crippen LogP contribution >= 0.6 is 0 Å². The molecule has 4 amide bonds. The van der Waals surface area contributed by atoms with Crippen molar-refractivity contribution in [3.63, 3.8) is 0 Å². The summed E-state index contributed by atoms with van der Waals surface area (Å²) < 4.78 is 11.6. The Balaban J connectivity index is 3.35. The topological polar surface area (TPSA) is 135 Å². The maximum absolute atomic E-state index is 13.9. The SMILES string of the molecule is CC[C@H](C)[C@@H]([C@@H](CC(=O)N1CCC[C@H]1[C@H](OC)[C@@H](C)C(N)=O)OC)N(C)C(=O)C(=NC(=O)[C@H](C(C)C)N(C)C)C(C)C. The molecule has 1 heterocycles. The van der Waals surface area contributed by atoms with Crippen LogP contribution in [0.25, 0.3) is 0 Å². The van der Waals surface area contributed by atoms with Gasteiger partial charge in [0.05, 0.1) is 42.7 Å². The van der Waals surface area contributed by atoms with Crippen molar-refractivity contribution in [1.82, 2.24) is 14.7 Å². The highest BCUT2D eigenvalue weighted by Gasteiger charge is 2.42. The van der Waals surface area contributed by atoms with Crippen LogP contribution in [-0.2, 0) is 28.7 Å². The number of nitrogens with two attached hydrogens (primary N) is 1. The van der Waals surface area contributed by atoms with Gasteiger partial charge >= 0.3 is 0 Å². The minimum Gasteiger partial charge on any atom is -0.379 e. The lowest BCUT2D eigenvalue weighted by atomic mass is 9.89. The standard InChI is InChI=1S/C31H57N5O6/c1-13-20(6)27(35(10)31(40)25(18(2)3)33-30(39)26(19(4)5)34(8)9)23(41-11)17-24(37)36-16-14-15-22(36)28(42-12)21(7)29(32)38/h18-23,26-28H,13-17H2,1-12H3,(H2,32,38)/t20-,21+,22-,23+,26-,27-,28+/m0/s1. The monoisotopic (exact) mass is 595 g/mol. The van der Waals surface area contributed by atoms with Gasteiger partial charge in [-0.1, -0.05) is 54.9 Å². The number of amides is 4. The fourth-order valence-electron chi connectivity index (χ4n) is 6.20. The summed E-state index contributed by atoms with van der Waals surface area (Å²) in [4.78, 5) is 62.3. The number of rotatable bonds is 16. The van der Waals surface area contributed by atoms with E-state index in [0.29, 0.717) is 13.0 Å². The van der Waals surface area contributed by atoms with E-state index < -0.39 is 36.1 Å². The Morgan fingerprint density at radius 2 is 1.60 bits per heavy atom. The Hall–Kier alpha value is -2.37. The number of carbonyl (C=O) groups excluding carboxylic acids is 4. The largest absolute Gasteiger partial charge is 0.379 e. The molecule has 1 saturated heterocycles. The summed E-state index contributed by atoms with van der Waals surface area (Å²) >= 11 is 0. The molecule has 0 unspecified atom stereocenters. The van der Waals surface area contributed by atoms with Crippen LogP contribution in [0.1, 0.15) is 74.1 Å². The maximum Gasteiger partial charge on any atom is 0.268 e. The number of aliphatic imine (C=N–C) groups is 1. The normalized spacial score (nSPS) is 20.4. The molecular formula is C31H57N5O6. The van der Waals surface area contributed by atoms with Crippen LogP contribution in [0.3, 0.4) is 0 Å². The fraction of sp³-hybridized carbons (Fsp3) is 0.839. The molecule has 0 bridgehead atoms. The van der Waals surface area contributed by atoms with Gasteiger partial charge in [-0.25, -0.2) is 4.99 Å². The van der Waals surface area contributed by atoms with E-state index in [9.17, 15) is 19.2 Å². The molecule has 0 aliphatic carbocycles. The number of hydrogen-bond acceptors (Lipinski definition) is 7. The summed E-state index contributed by atoms with van der Waals surface area (Å²) in [6, 6.07) is -1.18. The van der Waals surface area contributed by atoms with Crippen molar-refractivity contribution < 1.29 is 28.7 Å². The molecule has 11 nitrogen and oxygen atoms in total. The van der Waals surface area contributed by atoms with Crippen LogP contribution in [0.4, 0.5) is 0 Å². The molecule has 2 N–H and O–H groups in total. The number of carbonyl (C=O) groups is 4. The average Bonchev–Trinajstić information content (AvgIpc) is 3.39. The zero-order chi connectivity index (χ0) is 32.5. The first kappa shape index (κ1) is 37.7. The maximum atomic E-state index is 13.9. The van der Waals surface area contributed by atoms with Gasteiger partial charge in [0.2, 0.25) is 11.8 Å². The van der Waals surface area contributed by atoms with Crippen molar-refractivity contribution in [3.8, 4) is 0 Å². The van der Waals surface area contributed by atoms with Crippen molar-refractivity contribution in [2.45, 2.75) is 104 Å². The summed E-state index contributed by atoms with van der Waals surface area (Å²) in [6.45, 7) is 13.9. The highest BCUT2D eigenvalue weighted by atomic mass is 16.5. The molecule has 1 rings (SSSR count). The molecule has 42 heavy (non-hydrogen) atoms. The number of nitrogens with zero attached hydrogens (tertiary/aromatic N) is 4. The van der Waals surface area contributed by atoms with E-state index >= 15 is 0 Å². The first-order chi connectivity index (χ1) is 19.5. The van der Waals surface area contributed by atoms with Crippen LogP contribution in [-0.4, -0.2) is 116 Å². The molecule has 7 atom stereocenters. The minimum atomic E-state index is -0.605. The van der Waals surface area contributed by atoms with Crippen molar-refractivity contribution in [2.75, 3.05) is 41.9 Å². The molecule has 11 heteroatoms. The van der Waals surface area contributed by atoms with Crippen LogP contribution in [0.2, 0.25) is 0 Å². The molecule has 0 saturated carbocycles. The van der Waals surface area contributed by atoms with Crippen molar-refractivity contribution >= 4 is 29.3 Å². The van der Waals surface area contributed by atoms with E-state index in [1.165, 1.54) is 7.11 Å². The number of hydrogen-bond donors (Lipinski definition) is 1. The van der Waals surface area contributed by atoms with Crippen LogP contribution < -0.4 is 5.73 Å². The van der Waals surface area contributed by atoms with E-state index in [-0.39, 0.29) is 53.6 Å². The summed E-state index contributed by atoms with van der Waals surface area (Å²) in [6.07, 6.45) is 1.17. The van der Waals surface area contributed by atoms with Gasteiger partial charge in [-0.3, -0.25) is 24.1 Å². The third kappa shape index (κ3) is 9.31. The zero-order valence-corrected chi connectivity index (χ0v) is 28.0. The molecule has 0 radical (unpaired) electrons. The molecule has 242 valence electrons. The summed E-state index contributed by atoms with van der Waals surface area (Å²) in [5.41, 5.74) is 5.75. The molecule has 0 aromatic rings. The number of ether oxygens (including phenoxy) is 2. The fourth-order valence-corrected chi connectivity index (χ4v) is 6.20. The van der Waals surface area contributed by atoms with Crippen LogP contribution in [0.15, 0.2) is 4.99 Å². The minimum absolute atomic E-state index is 0.0121. The molecule has 0 aromatic carbocycles. The van der Waals surface area contributed by atoms with Gasteiger partial charge in [0.15, 0.2) is 0 Å². The molecule has 1 fully saturated rings. The quantitative estimate of drug-likeness (QED) is 0.271. The second-order valence-corrected chi connectivity index (χ2v) is 12.6. The second-order valence-electron chi connectivity index (χ2n) is 12.6. The highest BCUT2D eigenvalue weighted by molar-refractivity contribution is 6.41. The van der Waals surface area contributed by atoms with Gasteiger partial charge in [0.1, 0.15) is 5.71 Å². The van der Waals surface area contributed by atoms with Gasteiger partial charge < -0.3 is 25.0 Å². The Bertz CT molecular complexity index is 944. The summed E-state index contributed by atoms with van der Waals surface area (Å²) in [5, 5.41) is 0. The lowest BCUT2D eigenvalue weighted by Crippen LogP contribution is -2.54. The van der Waals surface area contributed by atoms with E-state index in [2.05, 4.69) is 4.99 Å². The van der Waals surface area contributed by atoms with Gasteiger partial charge in [-0.2, -0.15) is 0 Å². The molecule has 1 aliphatic rings. The Morgan fingerprint density at radius 1 is 1.00 bits per heavy atom. The molecule has 1 aliphatic heterocycles. The number of methoxy groups -OCH3 is 2. The van der Waals surface area contributed by atoms with Crippen LogP contribution in [0, 0.1) is 23.7 Å². The highest BCUT2D eigenvalue weighted by Crippen LogP contribution is 2.29. The first-order valence-electron chi connectivity index (χ1n) is 15.3. The smallest absolute Gasteiger partial charge is 0.268 e. The summed E-state index contributed by atoms with van der Waals surface area (Å²) in [7, 11) is 8.43. The lowest BCUT2D eigenvalue weighted by Gasteiger charge is -2.39. The number of primary amides is 1. The third-order valence-corrected chi connectivity index (χ3v) is 8.70. The van der Waals surface area contributed by atoms with Crippen molar-refractivity contribution in [2.24, 2.45) is 34.4 Å². The Kier molecular flexibility index (Phi) is 15.3. The van der Waals surface area contributed by atoms with Gasteiger partial charge in [0.25, 0.3) is 11.8 Å². The van der Waals surface area contributed by atoms with Crippen LogP contribution in [0.5, 0.6) is 0 Å². The predicted octanol–water partition coefficient (Wildman–Crippen LogP) is 2.60. The lowest BCUT2D eigenvalue weighted by molar-refractivity contribution is -0.144. The third-order valence-electron chi connectivity index (χ3n) is 8.70. The molecule has 0 spiro atoms. The Labute approximate surface area is 253 Å². The van der Waals surface area contributed by atoms with E-state index in [1.807, 2.05) is 60.5 Å². The van der Waals surface area contributed by atoms with Gasteiger partial charge in [-0.15, -0.1) is 0 Å². The first-order valence-corrected chi connectivity index (χ1v) is 15.3. The average molecular weight is 596 g/mol. The van der Waals surface area contributed by atoms with E-state index in [4.69, 9.17) is 15.2 Å². The van der Waals surface area contributed by atoms with E-state index in [0.717, 1.165) is 12.8 Å². The molecule has 0 aromatic heterocycles.